The SMILES string of the molecule is COC1CC(Nc2nnc(C)c(C)n2)C1(C)C. The maximum Gasteiger partial charge on any atom is 0.243 e. The minimum absolute atomic E-state index is 0.108. The summed E-state index contributed by atoms with van der Waals surface area (Å²) in [7, 11) is 1.76. The maximum absolute atomic E-state index is 5.42. The largest absolute Gasteiger partial charge is 0.381 e. The average molecular weight is 236 g/mol. The average Bonchev–Trinajstić information content (AvgIpc) is 2.28. The van der Waals surface area contributed by atoms with Crippen LogP contribution in [0.1, 0.15) is 31.7 Å². The lowest BCUT2D eigenvalue weighted by Crippen LogP contribution is -2.57. The van der Waals surface area contributed by atoms with Crippen molar-refractivity contribution in [3.8, 4) is 0 Å². The van der Waals surface area contributed by atoms with Gasteiger partial charge in [0.1, 0.15) is 0 Å². The summed E-state index contributed by atoms with van der Waals surface area (Å²) in [6.45, 7) is 8.24. The Morgan fingerprint density at radius 2 is 1.94 bits per heavy atom. The van der Waals surface area contributed by atoms with Gasteiger partial charge in [-0.1, -0.05) is 13.8 Å². The number of hydrogen-bond donors (Lipinski definition) is 1. The molecule has 0 aromatic carbocycles. The summed E-state index contributed by atoms with van der Waals surface area (Å²) in [6, 6.07) is 0.344. The van der Waals surface area contributed by atoms with E-state index in [-0.39, 0.29) is 5.41 Å². The molecule has 1 heterocycles. The first kappa shape index (κ1) is 12.2. The van der Waals surface area contributed by atoms with Gasteiger partial charge in [-0.2, -0.15) is 5.10 Å². The van der Waals surface area contributed by atoms with E-state index in [1.807, 2.05) is 13.8 Å². The van der Waals surface area contributed by atoms with E-state index < -0.39 is 0 Å². The molecule has 0 bridgehead atoms. The smallest absolute Gasteiger partial charge is 0.243 e. The molecule has 1 aromatic rings. The standard InChI is InChI=1S/C12H20N4O/c1-7-8(2)15-16-11(13-7)14-9-6-10(17-5)12(9,3)4/h9-10H,6H2,1-5H3,(H,13,14,16). The number of anilines is 1. The van der Waals surface area contributed by atoms with Gasteiger partial charge in [-0.3, -0.25) is 0 Å². The zero-order chi connectivity index (χ0) is 12.6. The van der Waals surface area contributed by atoms with Gasteiger partial charge in [0.05, 0.1) is 17.5 Å². The Morgan fingerprint density at radius 1 is 1.24 bits per heavy atom. The van der Waals surface area contributed by atoms with Crippen LogP contribution in [0.25, 0.3) is 0 Å². The predicted octanol–water partition coefficient (Wildman–Crippen LogP) is 1.71. The van der Waals surface area contributed by atoms with Gasteiger partial charge < -0.3 is 10.1 Å². The lowest BCUT2D eigenvalue weighted by atomic mass is 9.64. The molecule has 0 spiro atoms. The first-order chi connectivity index (χ1) is 7.95. The number of aromatic nitrogens is 3. The molecule has 2 atom stereocenters. The molecule has 5 nitrogen and oxygen atoms in total. The molecule has 1 N–H and O–H groups in total. The fourth-order valence-corrected chi connectivity index (χ4v) is 2.20. The number of hydrogen-bond acceptors (Lipinski definition) is 5. The van der Waals surface area contributed by atoms with Crippen molar-refractivity contribution in [2.75, 3.05) is 12.4 Å². The van der Waals surface area contributed by atoms with Crippen LogP contribution in [0.5, 0.6) is 0 Å². The summed E-state index contributed by atoms with van der Waals surface area (Å²) in [5.74, 6) is 0.612. The van der Waals surface area contributed by atoms with Crippen molar-refractivity contribution in [3.63, 3.8) is 0 Å². The van der Waals surface area contributed by atoms with Gasteiger partial charge in [0, 0.05) is 18.6 Å². The Hall–Kier alpha value is -1.23. The van der Waals surface area contributed by atoms with Crippen LogP contribution in [0.3, 0.4) is 0 Å². The fraction of sp³-hybridized carbons (Fsp3) is 0.750. The maximum atomic E-state index is 5.42. The van der Waals surface area contributed by atoms with Crippen LogP contribution in [0, 0.1) is 19.3 Å². The number of nitrogens with zero attached hydrogens (tertiary/aromatic N) is 3. The van der Waals surface area contributed by atoms with Gasteiger partial charge >= 0.3 is 0 Å². The zero-order valence-electron chi connectivity index (χ0n) is 11.1. The molecular formula is C12H20N4O. The molecule has 1 fully saturated rings. The molecule has 0 saturated heterocycles. The summed E-state index contributed by atoms with van der Waals surface area (Å²) >= 11 is 0. The van der Waals surface area contributed by atoms with Crippen LogP contribution in [0.2, 0.25) is 0 Å². The van der Waals surface area contributed by atoms with Crippen LogP contribution in [-0.4, -0.2) is 34.4 Å². The third kappa shape index (κ3) is 2.11. The van der Waals surface area contributed by atoms with E-state index in [1.165, 1.54) is 0 Å². The van der Waals surface area contributed by atoms with Gasteiger partial charge in [-0.15, -0.1) is 5.10 Å². The van der Waals surface area contributed by atoms with E-state index in [4.69, 9.17) is 4.74 Å². The summed E-state index contributed by atoms with van der Waals surface area (Å²) in [5.41, 5.74) is 1.90. The van der Waals surface area contributed by atoms with Gasteiger partial charge in [-0.25, -0.2) is 4.98 Å². The fourth-order valence-electron chi connectivity index (χ4n) is 2.20. The molecule has 2 rings (SSSR count). The highest BCUT2D eigenvalue weighted by Gasteiger charge is 2.48. The Morgan fingerprint density at radius 3 is 2.47 bits per heavy atom. The van der Waals surface area contributed by atoms with Crippen molar-refractivity contribution in [2.45, 2.75) is 46.3 Å². The molecule has 0 radical (unpaired) electrons. The van der Waals surface area contributed by atoms with Crippen LogP contribution >= 0.6 is 0 Å². The third-order valence-corrected chi connectivity index (χ3v) is 3.86. The molecule has 1 aliphatic rings. The van der Waals surface area contributed by atoms with E-state index >= 15 is 0 Å². The van der Waals surface area contributed by atoms with Gasteiger partial charge in [0.25, 0.3) is 0 Å². The summed E-state index contributed by atoms with van der Waals surface area (Å²) in [5, 5.41) is 11.5. The van der Waals surface area contributed by atoms with Crippen molar-refractivity contribution in [2.24, 2.45) is 5.41 Å². The lowest BCUT2D eigenvalue weighted by Gasteiger charge is -2.51. The molecular weight excluding hydrogens is 216 g/mol. The first-order valence-corrected chi connectivity index (χ1v) is 5.92. The highest BCUT2D eigenvalue weighted by atomic mass is 16.5. The number of nitrogens with one attached hydrogen (secondary N) is 1. The van der Waals surface area contributed by atoms with Crippen molar-refractivity contribution < 1.29 is 4.74 Å². The second kappa shape index (κ2) is 4.22. The number of methoxy groups -OCH3 is 1. The van der Waals surface area contributed by atoms with E-state index in [9.17, 15) is 0 Å². The Kier molecular flexibility index (Phi) is 3.03. The van der Waals surface area contributed by atoms with E-state index in [0.29, 0.717) is 18.1 Å². The molecule has 94 valence electrons. The van der Waals surface area contributed by atoms with Crippen LogP contribution in [0.15, 0.2) is 0 Å². The van der Waals surface area contributed by atoms with Crippen LogP contribution in [0.4, 0.5) is 5.95 Å². The van der Waals surface area contributed by atoms with Crippen LogP contribution in [-0.2, 0) is 4.74 Å². The number of ether oxygens (including phenoxy) is 1. The lowest BCUT2D eigenvalue weighted by molar-refractivity contribution is -0.0796. The third-order valence-electron chi connectivity index (χ3n) is 3.86. The highest BCUT2D eigenvalue weighted by molar-refractivity contribution is 5.30. The molecule has 1 aromatic heterocycles. The van der Waals surface area contributed by atoms with Gasteiger partial charge in [0.2, 0.25) is 5.95 Å². The number of aryl methyl sites for hydroxylation is 2. The quantitative estimate of drug-likeness (QED) is 0.865. The van der Waals surface area contributed by atoms with Gasteiger partial charge in [-0.05, 0) is 20.3 Å². The Balaban J connectivity index is 2.05. The molecule has 0 amide bonds. The van der Waals surface area contributed by atoms with E-state index in [1.54, 1.807) is 7.11 Å². The van der Waals surface area contributed by atoms with Crippen molar-refractivity contribution in [3.05, 3.63) is 11.4 Å². The molecule has 17 heavy (non-hydrogen) atoms. The topological polar surface area (TPSA) is 59.9 Å². The first-order valence-electron chi connectivity index (χ1n) is 5.92. The van der Waals surface area contributed by atoms with Crippen molar-refractivity contribution in [1.82, 2.24) is 15.2 Å². The Bertz CT molecular complexity index is 419. The zero-order valence-corrected chi connectivity index (χ0v) is 11.1. The molecule has 1 aliphatic carbocycles. The molecule has 1 saturated carbocycles. The summed E-state index contributed by atoms with van der Waals surface area (Å²) in [6.07, 6.45) is 1.29. The van der Waals surface area contributed by atoms with Crippen molar-refractivity contribution >= 4 is 5.95 Å². The van der Waals surface area contributed by atoms with Gasteiger partial charge in [0.15, 0.2) is 0 Å². The second-order valence-electron chi connectivity index (χ2n) is 5.28. The number of rotatable bonds is 3. The minimum Gasteiger partial charge on any atom is -0.381 e. The van der Waals surface area contributed by atoms with Crippen LogP contribution < -0.4 is 5.32 Å². The van der Waals surface area contributed by atoms with E-state index in [0.717, 1.165) is 17.8 Å². The molecule has 0 aliphatic heterocycles. The second-order valence-corrected chi connectivity index (χ2v) is 5.28. The molecule has 2 unspecified atom stereocenters. The minimum atomic E-state index is 0.108. The molecule has 5 heteroatoms. The normalized spacial score (nSPS) is 26.4. The highest BCUT2D eigenvalue weighted by Crippen LogP contribution is 2.43. The summed E-state index contributed by atoms with van der Waals surface area (Å²) in [4.78, 5) is 4.39. The van der Waals surface area contributed by atoms with E-state index in [2.05, 4.69) is 34.3 Å². The Labute approximate surface area is 102 Å². The predicted molar refractivity (Wildman–Crippen MR) is 65.9 cm³/mol. The monoisotopic (exact) mass is 236 g/mol. The van der Waals surface area contributed by atoms with Crippen molar-refractivity contribution in [1.29, 1.82) is 0 Å². The summed E-state index contributed by atoms with van der Waals surface area (Å²) < 4.78 is 5.42.